The van der Waals surface area contributed by atoms with Crippen molar-refractivity contribution < 1.29 is 13.2 Å². The Morgan fingerprint density at radius 1 is 1.15 bits per heavy atom. The molecule has 0 fully saturated rings. The molecule has 0 spiro atoms. The van der Waals surface area contributed by atoms with Crippen LogP contribution in [0.25, 0.3) is 0 Å². The molecule has 2 rings (SSSR count). The highest BCUT2D eigenvalue weighted by Crippen LogP contribution is 2.28. The third-order valence-corrected chi connectivity index (χ3v) is 6.66. The predicted molar refractivity (Wildman–Crippen MR) is 110 cm³/mol. The maximum atomic E-state index is 12.5. The van der Waals surface area contributed by atoms with E-state index in [9.17, 15) is 8.42 Å². The lowest BCUT2D eigenvalue weighted by atomic mass is 10.0. The Morgan fingerprint density at radius 2 is 1.88 bits per heavy atom. The van der Waals surface area contributed by atoms with Gasteiger partial charge in [-0.1, -0.05) is 38.1 Å². The van der Waals surface area contributed by atoms with Crippen molar-refractivity contribution in [2.24, 2.45) is 0 Å². The second-order valence-electron chi connectivity index (χ2n) is 6.44. The Morgan fingerprint density at radius 3 is 2.54 bits per heavy atom. The summed E-state index contributed by atoms with van der Waals surface area (Å²) < 4.78 is 33.1. The van der Waals surface area contributed by atoms with Crippen LogP contribution in [0.2, 0.25) is 0 Å². The number of hydrogen-bond donors (Lipinski definition) is 1. The van der Waals surface area contributed by atoms with Gasteiger partial charge >= 0.3 is 0 Å². The van der Waals surface area contributed by atoms with E-state index < -0.39 is 10.0 Å². The molecular formula is C20H27NO3S2. The van der Waals surface area contributed by atoms with Gasteiger partial charge in [0.05, 0.1) is 12.0 Å². The van der Waals surface area contributed by atoms with E-state index in [0.29, 0.717) is 12.3 Å². The molecule has 0 amide bonds. The molecule has 1 N–H and O–H groups in total. The summed E-state index contributed by atoms with van der Waals surface area (Å²) in [6.45, 7) is 6.53. The first-order valence-electron chi connectivity index (χ1n) is 8.65. The minimum atomic E-state index is -3.51. The average Bonchev–Trinajstić information content (AvgIpc) is 2.62. The van der Waals surface area contributed by atoms with Crippen molar-refractivity contribution in [3.8, 4) is 5.75 Å². The Labute approximate surface area is 161 Å². The van der Waals surface area contributed by atoms with Crippen LogP contribution in [0.5, 0.6) is 5.75 Å². The van der Waals surface area contributed by atoms with Crippen molar-refractivity contribution in [3.63, 3.8) is 0 Å². The van der Waals surface area contributed by atoms with Crippen molar-refractivity contribution in [2.75, 3.05) is 19.4 Å². The van der Waals surface area contributed by atoms with E-state index in [1.54, 1.807) is 37.1 Å². The maximum absolute atomic E-state index is 12.5. The van der Waals surface area contributed by atoms with E-state index >= 15 is 0 Å². The first kappa shape index (κ1) is 20.8. The van der Waals surface area contributed by atoms with Gasteiger partial charge in [0.15, 0.2) is 0 Å². The fourth-order valence-electron chi connectivity index (χ4n) is 2.62. The zero-order chi connectivity index (χ0) is 19.2. The van der Waals surface area contributed by atoms with Crippen molar-refractivity contribution in [3.05, 3.63) is 59.2 Å². The zero-order valence-electron chi connectivity index (χ0n) is 15.8. The second-order valence-corrected chi connectivity index (χ2v) is 9.31. The summed E-state index contributed by atoms with van der Waals surface area (Å²) in [6.07, 6.45) is 0. The molecule has 2 aromatic rings. The Hall–Kier alpha value is -1.50. The van der Waals surface area contributed by atoms with E-state index in [2.05, 4.69) is 23.8 Å². The van der Waals surface area contributed by atoms with Gasteiger partial charge in [-0.3, -0.25) is 0 Å². The topological polar surface area (TPSA) is 55.4 Å². The highest BCUT2D eigenvalue weighted by Gasteiger charge is 2.17. The van der Waals surface area contributed by atoms with Gasteiger partial charge in [-0.25, -0.2) is 13.1 Å². The minimum absolute atomic E-state index is 0.185. The Kier molecular flexibility index (Phi) is 7.55. The molecule has 0 saturated carbocycles. The number of methoxy groups -OCH3 is 1. The lowest BCUT2D eigenvalue weighted by Crippen LogP contribution is -2.26. The number of thioether (sulfide) groups is 1. The van der Waals surface area contributed by atoms with Gasteiger partial charge in [-0.05, 0) is 47.7 Å². The number of aryl methyl sites for hydroxylation is 1. The van der Waals surface area contributed by atoms with Crippen molar-refractivity contribution in [1.29, 1.82) is 0 Å². The number of rotatable bonds is 9. The van der Waals surface area contributed by atoms with Crippen LogP contribution < -0.4 is 9.46 Å². The molecule has 0 heterocycles. The average molecular weight is 394 g/mol. The second kappa shape index (κ2) is 9.44. The number of hydrogen-bond acceptors (Lipinski definition) is 4. The molecule has 0 unspecified atom stereocenters. The summed E-state index contributed by atoms with van der Waals surface area (Å²) in [7, 11) is -1.92. The van der Waals surface area contributed by atoms with Crippen LogP contribution in [-0.4, -0.2) is 27.8 Å². The van der Waals surface area contributed by atoms with Gasteiger partial charge in [0.1, 0.15) is 5.75 Å². The first-order valence-corrected chi connectivity index (χ1v) is 11.3. The fourth-order valence-corrected chi connectivity index (χ4v) is 4.75. The van der Waals surface area contributed by atoms with Crippen LogP contribution in [0.1, 0.15) is 36.5 Å². The van der Waals surface area contributed by atoms with Gasteiger partial charge in [0.25, 0.3) is 0 Å². The summed E-state index contributed by atoms with van der Waals surface area (Å²) in [4.78, 5) is 0.283. The molecular weight excluding hydrogens is 366 g/mol. The first-order chi connectivity index (χ1) is 12.3. The predicted octanol–water partition coefficient (Wildman–Crippen LogP) is 4.34. The molecule has 0 bridgehead atoms. The van der Waals surface area contributed by atoms with Gasteiger partial charge in [-0.15, -0.1) is 0 Å². The van der Waals surface area contributed by atoms with Gasteiger partial charge in [0.2, 0.25) is 10.0 Å². The van der Waals surface area contributed by atoms with Crippen LogP contribution in [0.3, 0.4) is 0 Å². The summed E-state index contributed by atoms with van der Waals surface area (Å²) in [5.74, 6) is 2.51. The summed E-state index contributed by atoms with van der Waals surface area (Å²) >= 11 is 1.72. The maximum Gasteiger partial charge on any atom is 0.240 e. The van der Waals surface area contributed by atoms with Crippen LogP contribution in [0.15, 0.2) is 47.4 Å². The van der Waals surface area contributed by atoms with Crippen LogP contribution in [-0.2, 0) is 15.8 Å². The minimum Gasteiger partial charge on any atom is -0.496 e. The third kappa shape index (κ3) is 5.50. The molecule has 142 valence electrons. The highest BCUT2D eigenvalue weighted by molar-refractivity contribution is 7.98. The summed E-state index contributed by atoms with van der Waals surface area (Å²) in [6, 6.07) is 13.3. The molecule has 0 aliphatic heterocycles. The van der Waals surface area contributed by atoms with E-state index in [0.717, 1.165) is 17.1 Å². The molecule has 6 heteroatoms. The smallest absolute Gasteiger partial charge is 0.240 e. The SMILES string of the molecule is COc1ccc(S(=O)(=O)NCCSCc2ccccc2C)cc1C(C)C. The molecule has 0 aliphatic rings. The zero-order valence-corrected chi connectivity index (χ0v) is 17.4. The standard InChI is InChI=1S/C20H27NO3S2/c1-15(2)19-13-18(9-10-20(19)24-4)26(22,23)21-11-12-25-14-17-8-6-5-7-16(17)3/h5-10,13,15,21H,11-12,14H2,1-4H3. The summed E-state index contributed by atoms with van der Waals surface area (Å²) in [5, 5.41) is 0. The van der Waals surface area contributed by atoms with Crippen molar-refractivity contribution in [2.45, 2.75) is 37.3 Å². The van der Waals surface area contributed by atoms with Crippen molar-refractivity contribution in [1.82, 2.24) is 4.72 Å². The largest absolute Gasteiger partial charge is 0.496 e. The Bertz CT molecular complexity index is 833. The molecule has 26 heavy (non-hydrogen) atoms. The van der Waals surface area contributed by atoms with Gasteiger partial charge in [-0.2, -0.15) is 11.8 Å². The van der Waals surface area contributed by atoms with Gasteiger partial charge in [0, 0.05) is 18.1 Å². The number of ether oxygens (including phenoxy) is 1. The molecule has 0 atom stereocenters. The normalized spacial score (nSPS) is 11.7. The van der Waals surface area contributed by atoms with E-state index in [1.165, 1.54) is 11.1 Å². The quantitative estimate of drug-likeness (QED) is 0.644. The molecule has 4 nitrogen and oxygen atoms in total. The molecule has 0 saturated heterocycles. The molecule has 2 aromatic carbocycles. The van der Waals surface area contributed by atoms with E-state index in [-0.39, 0.29) is 10.8 Å². The molecule has 0 aromatic heterocycles. The van der Waals surface area contributed by atoms with Crippen LogP contribution in [0, 0.1) is 6.92 Å². The lowest BCUT2D eigenvalue weighted by Gasteiger charge is -2.14. The third-order valence-electron chi connectivity index (χ3n) is 4.19. The monoisotopic (exact) mass is 393 g/mol. The number of benzene rings is 2. The fraction of sp³-hybridized carbons (Fsp3) is 0.400. The number of sulfonamides is 1. The number of nitrogens with one attached hydrogen (secondary N) is 1. The van der Waals surface area contributed by atoms with Crippen LogP contribution in [0.4, 0.5) is 0 Å². The van der Waals surface area contributed by atoms with Gasteiger partial charge < -0.3 is 4.74 Å². The van der Waals surface area contributed by atoms with E-state index in [4.69, 9.17) is 4.74 Å². The Balaban J connectivity index is 1.92. The summed E-state index contributed by atoms with van der Waals surface area (Å²) in [5.41, 5.74) is 3.45. The van der Waals surface area contributed by atoms with Crippen molar-refractivity contribution >= 4 is 21.8 Å². The molecule has 0 radical (unpaired) electrons. The van der Waals surface area contributed by atoms with E-state index in [1.807, 2.05) is 26.0 Å². The lowest BCUT2D eigenvalue weighted by molar-refractivity contribution is 0.407. The highest BCUT2D eigenvalue weighted by atomic mass is 32.2. The molecule has 0 aliphatic carbocycles. The van der Waals surface area contributed by atoms with Crippen LogP contribution >= 0.6 is 11.8 Å².